The molecule has 3 aromatic carbocycles. The Morgan fingerprint density at radius 1 is 0.897 bits per heavy atom. The Balaban J connectivity index is 1.64. The van der Waals surface area contributed by atoms with E-state index in [-0.39, 0.29) is 23.5 Å². The fraction of sp³-hybridized carbons (Fsp3) is 0.233. The van der Waals surface area contributed by atoms with Crippen LogP contribution < -0.4 is 10.9 Å². The molecule has 4 aromatic rings. The van der Waals surface area contributed by atoms with Gasteiger partial charge in [-0.2, -0.15) is 4.31 Å². The maximum Gasteiger partial charge on any atom is 0.251 e. The lowest BCUT2D eigenvalue weighted by atomic mass is 10.1. The van der Waals surface area contributed by atoms with Crippen LogP contribution in [0, 0.1) is 34.6 Å². The van der Waals surface area contributed by atoms with E-state index in [0.29, 0.717) is 33.9 Å². The molecule has 4 rings (SSSR count). The zero-order chi connectivity index (χ0) is 28.3. The van der Waals surface area contributed by atoms with Gasteiger partial charge in [-0.05, 0) is 63.4 Å². The van der Waals surface area contributed by atoms with Crippen LogP contribution in [0.2, 0.25) is 0 Å². The lowest BCUT2D eigenvalue weighted by molar-refractivity contribution is -0.116. The average molecular weight is 545 g/mol. The van der Waals surface area contributed by atoms with Crippen LogP contribution in [0.3, 0.4) is 0 Å². The first-order valence-corrected chi connectivity index (χ1v) is 14.0. The van der Waals surface area contributed by atoms with E-state index >= 15 is 0 Å². The Kier molecular flexibility index (Phi) is 8.13. The lowest BCUT2D eigenvalue weighted by Gasteiger charge is -2.24. The maximum atomic E-state index is 14.0. The second-order valence-electron chi connectivity index (χ2n) is 9.85. The summed E-state index contributed by atoms with van der Waals surface area (Å²) in [5.41, 5.74) is 5.43. The van der Waals surface area contributed by atoms with Crippen LogP contribution in [0.25, 0.3) is 11.4 Å². The largest absolute Gasteiger partial charge is 0.325 e. The minimum absolute atomic E-state index is 0.0390. The fourth-order valence-corrected chi connectivity index (χ4v) is 6.44. The summed E-state index contributed by atoms with van der Waals surface area (Å²) in [5, 5.41) is 2.80. The molecule has 0 atom stereocenters. The van der Waals surface area contributed by atoms with Gasteiger partial charge < -0.3 is 10.3 Å². The topological polar surface area (TPSA) is 112 Å². The highest BCUT2D eigenvalue weighted by Crippen LogP contribution is 2.27. The van der Waals surface area contributed by atoms with Crippen LogP contribution in [-0.2, 0) is 21.4 Å². The number of hydrogen-bond acceptors (Lipinski definition) is 5. The highest BCUT2D eigenvalue weighted by Gasteiger charge is 2.30. The number of carbonyl (C=O) groups is 1. The monoisotopic (exact) mass is 544 g/mol. The summed E-state index contributed by atoms with van der Waals surface area (Å²) in [7, 11) is -4.01. The molecule has 1 amide bonds. The summed E-state index contributed by atoms with van der Waals surface area (Å²) in [6.45, 7) is 8.80. The predicted octanol–water partition coefficient (Wildman–Crippen LogP) is 4.81. The third kappa shape index (κ3) is 6.68. The molecule has 202 valence electrons. The number of amides is 1. The summed E-state index contributed by atoms with van der Waals surface area (Å²) in [6, 6.07) is 19.5. The minimum atomic E-state index is -4.01. The molecular weight excluding hydrogens is 512 g/mol. The van der Waals surface area contributed by atoms with E-state index < -0.39 is 15.9 Å². The van der Waals surface area contributed by atoms with E-state index in [1.54, 1.807) is 45.0 Å². The van der Waals surface area contributed by atoms with Gasteiger partial charge in [0.15, 0.2) is 0 Å². The number of aryl methyl sites for hydroxylation is 5. The Hall–Kier alpha value is -4.08. The molecule has 0 bridgehead atoms. The van der Waals surface area contributed by atoms with Crippen molar-refractivity contribution in [3.63, 3.8) is 0 Å². The number of aromatic amines is 1. The first-order valence-electron chi connectivity index (χ1n) is 12.5. The number of rotatable bonds is 8. The summed E-state index contributed by atoms with van der Waals surface area (Å²) in [5.74, 6) is -0.110. The van der Waals surface area contributed by atoms with Crippen molar-refractivity contribution >= 4 is 21.6 Å². The average Bonchev–Trinajstić information content (AvgIpc) is 2.83. The van der Waals surface area contributed by atoms with E-state index in [1.165, 1.54) is 10.4 Å². The van der Waals surface area contributed by atoms with Gasteiger partial charge in [-0.3, -0.25) is 9.59 Å². The molecule has 2 N–H and O–H groups in total. The second-order valence-corrected chi connectivity index (χ2v) is 11.7. The van der Waals surface area contributed by atoms with Gasteiger partial charge in [0.1, 0.15) is 5.82 Å². The predicted molar refractivity (Wildman–Crippen MR) is 153 cm³/mol. The third-order valence-corrected chi connectivity index (χ3v) is 8.39. The summed E-state index contributed by atoms with van der Waals surface area (Å²) >= 11 is 0. The van der Waals surface area contributed by atoms with Gasteiger partial charge in [0.25, 0.3) is 5.56 Å². The smallest absolute Gasteiger partial charge is 0.251 e. The van der Waals surface area contributed by atoms with Gasteiger partial charge in [-0.25, -0.2) is 13.4 Å². The summed E-state index contributed by atoms with van der Waals surface area (Å²) in [6.07, 6.45) is 0. The van der Waals surface area contributed by atoms with E-state index in [4.69, 9.17) is 0 Å². The molecule has 0 aliphatic rings. The van der Waals surface area contributed by atoms with E-state index in [1.807, 2.05) is 50.2 Å². The van der Waals surface area contributed by atoms with Crippen LogP contribution in [0.1, 0.15) is 33.5 Å². The molecule has 8 nitrogen and oxygen atoms in total. The first kappa shape index (κ1) is 27.9. The lowest BCUT2D eigenvalue weighted by Crippen LogP contribution is -2.38. The van der Waals surface area contributed by atoms with Crippen LogP contribution in [0.5, 0.6) is 0 Å². The van der Waals surface area contributed by atoms with Crippen LogP contribution in [0.15, 0.2) is 76.4 Å². The van der Waals surface area contributed by atoms with Gasteiger partial charge in [0.05, 0.1) is 11.4 Å². The Morgan fingerprint density at radius 2 is 1.56 bits per heavy atom. The molecule has 0 saturated heterocycles. The van der Waals surface area contributed by atoms with Gasteiger partial charge in [0, 0.05) is 29.6 Å². The number of sulfonamides is 1. The van der Waals surface area contributed by atoms with Crippen molar-refractivity contribution in [1.82, 2.24) is 14.3 Å². The number of nitrogens with zero attached hydrogens (tertiary/aromatic N) is 2. The first-order chi connectivity index (χ1) is 18.4. The van der Waals surface area contributed by atoms with Crippen molar-refractivity contribution < 1.29 is 13.2 Å². The molecule has 0 fully saturated rings. The molecule has 0 aliphatic heterocycles. The minimum Gasteiger partial charge on any atom is -0.325 e. The Morgan fingerprint density at radius 3 is 2.21 bits per heavy atom. The molecule has 9 heteroatoms. The quantitative estimate of drug-likeness (QED) is 0.331. The Labute approximate surface area is 228 Å². The SMILES string of the molecule is Cc1ccc(CN(CC(=O)Nc2cccc(-c3nc(C)cc(=O)[nH]3)c2)S(=O)(=O)c2c(C)cc(C)cc2C)cc1. The number of nitrogens with one attached hydrogen (secondary N) is 2. The van der Waals surface area contributed by atoms with E-state index in [2.05, 4.69) is 15.3 Å². The number of benzene rings is 3. The highest BCUT2D eigenvalue weighted by molar-refractivity contribution is 7.89. The van der Waals surface area contributed by atoms with E-state index in [9.17, 15) is 18.0 Å². The number of aromatic nitrogens is 2. The normalized spacial score (nSPS) is 11.5. The van der Waals surface area contributed by atoms with Crippen molar-refractivity contribution in [1.29, 1.82) is 0 Å². The molecule has 39 heavy (non-hydrogen) atoms. The number of hydrogen-bond donors (Lipinski definition) is 2. The van der Waals surface area contributed by atoms with Gasteiger partial charge in [0.2, 0.25) is 15.9 Å². The molecule has 0 spiro atoms. The van der Waals surface area contributed by atoms with Crippen molar-refractivity contribution in [2.45, 2.75) is 46.1 Å². The molecular formula is C30H32N4O4S. The number of carbonyl (C=O) groups excluding carboxylic acids is 1. The van der Waals surface area contributed by atoms with Crippen molar-refractivity contribution in [3.8, 4) is 11.4 Å². The van der Waals surface area contributed by atoms with Crippen molar-refractivity contribution in [2.75, 3.05) is 11.9 Å². The summed E-state index contributed by atoms with van der Waals surface area (Å²) < 4.78 is 29.1. The molecule has 0 unspecified atom stereocenters. The summed E-state index contributed by atoms with van der Waals surface area (Å²) in [4.78, 5) is 32.4. The van der Waals surface area contributed by atoms with Gasteiger partial charge in [-0.15, -0.1) is 0 Å². The molecule has 1 aromatic heterocycles. The Bertz CT molecular complexity index is 1670. The molecule has 0 saturated carbocycles. The van der Waals surface area contributed by atoms with Crippen LogP contribution in [-0.4, -0.2) is 35.1 Å². The van der Waals surface area contributed by atoms with Gasteiger partial charge in [-0.1, -0.05) is 59.7 Å². The third-order valence-electron chi connectivity index (χ3n) is 6.29. The number of anilines is 1. The van der Waals surface area contributed by atoms with Crippen LogP contribution >= 0.6 is 0 Å². The fourth-order valence-electron chi connectivity index (χ4n) is 4.65. The van der Waals surface area contributed by atoms with E-state index in [0.717, 1.165) is 16.7 Å². The maximum absolute atomic E-state index is 14.0. The zero-order valence-electron chi connectivity index (χ0n) is 22.7. The highest BCUT2D eigenvalue weighted by atomic mass is 32.2. The molecule has 0 aliphatic carbocycles. The van der Waals surface area contributed by atoms with Crippen LogP contribution in [0.4, 0.5) is 5.69 Å². The second kappa shape index (κ2) is 11.3. The standard InChI is InChI=1S/C30H32N4O4S/c1-19-9-11-24(12-10-19)17-34(39(37,38)29-21(3)13-20(2)14-22(29)4)18-28(36)32-26-8-6-7-25(16-26)30-31-23(5)15-27(35)33-30/h6-16H,17-18H2,1-5H3,(H,32,36)(H,31,33,35). The van der Waals surface area contributed by atoms with Gasteiger partial charge >= 0.3 is 0 Å². The molecule has 0 radical (unpaired) electrons. The van der Waals surface area contributed by atoms with Crippen molar-refractivity contribution in [3.05, 3.63) is 111 Å². The zero-order valence-corrected chi connectivity index (χ0v) is 23.5. The number of H-pyrrole nitrogens is 1. The van der Waals surface area contributed by atoms with Crippen molar-refractivity contribution in [2.24, 2.45) is 0 Å². The molecule has 1 heterocycles.